The standard InChI is InChI=1S/C18H17N3O6/c1-24-12-4-5-13(15(8-12)25-2)20-17(22)18(23)21-19-9-11-3-6-14-16(7-11)27-10-26-14/h3-9H,10H2,1-2H3,(H,20,22)(H,21,23). The van der Waals surface area contributed by atoms with E-state index in [2.05, 4.69) is 15.8 Å². The number of hydrogen-bond donors (Lipinski definition) is 2. The highest BCUT2D eigenvalue weighted by molar-refractivity contribution is 6.39. The first kappa shape index (κ1) is 18.1. The van der Waals surface area contributed by atoms with Gasteiger partial charge in [-0.15, -0.1) is 0 Å². The molecule has 27 heavy (non-hydrogen) atoms. The fourth-order valence-corrected chi connectivity index (χ4v) is 2.29. The van der Waals surface area contributed by atoms with Crippen molar-refractivity contribution in [2.75, 3.05) is 26.3 Å². The Morgan fingerprint density at radius 1 is 1.04 bits per heavy atom. The normalized spacial score (nSPS) is 11.9. The van der Waals surface area contributed by atoms with Gasteiger partial charge in [0.05, 0.1) is 26.1 Å². The third-order valence-electron chi connectivity index (χ3n) is 3.64. The van der Waals surface area contributed by atoms with Crippen LogP contribution in [0.25, 0.3) is 0 Å². The van der Waals surface area contributed by atoms with Gasteiger partial charge in [-0.25, -0.2) is 5.43 Å². The average molecular weight is 371 g/mol. The first-order chi connectivity index (χ1) is 13.1. The molecule has 0 bridgehead atoms. The molecule has 140 valence electrons. The Balaban J connectivity index is 1.59. The van der Waals surface area contributed by atoms with Crippen LogP contribution in [0.5, 0.6) is 23.0 Å². The highest BCUT2D eigenvalue weighted by atomic mass is 16.7. The highest BCUT2D eigenvalue weighted by Gasteiger charge is 2.16. The number of carbonyl (C=O) groups excluding carboxylic acids is 2. The minimum Gasteiger partial charge on any atom is -0.497 e. The third kappa shape index (κ3) is 4.27. The van der Waals surface area contributed by atoms with Crippen LogP contribution in [-0.2, 0) is 9.59 Å². The number of nitrogens with one attached hydrogen (secondary N) is 2. The summed E-state index contributed by atoms with van der Waals surface area (Å²) < 4.78 is 20.7. The van der Waals surface area contributed by atoms with Crippen molar-refractivity contribution in [1.82, 2.24) is 5.43 Å². The van der Waals surface area contributed by atoms with E-state index in [0.29, 0.717) is 34.2 Å². The number of fused-ring (bicyclic) bond motifs is 1. The molecule has 1 heterocycles. The lowest BCUT2D eigenvalue weighted by Crippen LogP contribution is -2.32. The van der Waals surface area contributed by atoms with Crippen LogP contribution >= 0.6 is 0 Å². The summed E-state index contributed by atoms with van der Waals surface area (Å²) in [5.74, 6) is 0.340. The van der Waals surface area contributed by atoms with Gasteiger partial charge in [0.15, 0.2) is 11.5 Å². The summed E-state index contributed by atoms with van der Waals surface area (Å²) in [6.07, 6.45) is 1.39. The van der Waals surface area contributed by atoms with Gasteiger partial charge in [-0.2, -0.15) is 5.10 Å². The summed E-state index contributed by atoms with van der Waals surface area (Å²) in [6, 6.07) is 9.97. The molecule has 2 aromatic rings. The Hall–Kier alpha value is -3.75. The fourth-order valence-electron chi connectivity index (χ4n) is 2.29. The van der Waals surface area contributed by atoms with Gasteiger partial charge in [-0.1, -0.05) is 0 Å². The molecule has 0 spiro atoms. The number of amides is 2. The lowest BCUT2D eigenvalue weighted by atomic mass is 10.2. The van der Waals surface area contributed by atoms with E-state index in [1.165, 1.54) is 20.4 Å². The number of rotatable bonds is 5. The Kier molecular flexibility index (Phi) is 5.41. The molecule has 1 aliphatic heterocycles. The van der Waals surface area contributed by atoms with Gasteiger partial charge in [-0.05, 0) is 35.9 Å². The lowest BCUT2D eigenvalue weighted by molar-refractivity contribution is -0.136. The Morgan fingerprint density at radius 3 is 2.63 bits per heavy atom. The Bertz CT molecular complexity index is 897. The number of carbonyl (C=O) groups is 2. The van der Waals surface area contributed by atoms with Crippen molar-refractivity contribution in [2.45, 2.75) is 0 Å². The van der Waals surface area contributed by atoms with Crippen molar-refractivity contribution in [3.05, 3.63) is 42.0 Å². The van der Waals surface area contributed by atoms with Gasteiger partial charge in [0.1, 0.15) is 11.5 Å². The van der Waals surface area contributed by atoms with Gasteiger partial charge >= 0.3 is 11.8 Å². The molecule has 2 aromatic carbocycles. The zero-order valence-corrected chi connectivity index (χ0v) is 14.6. The van der Waals surface area contributed by atoms with Crippen molar-refractivity contribution in [2.24, 2.45) is 5.10 Å². The summed E-state index contributed by atoms with van der Waals surface area (Å²) >= 11 is 0. The maximum Gasteiger partial charge on any atom is 0.329 e. The Morgan fingerprint density at radius 2 is 1.85 bits per heavy atom. The van der Waals surface area contributed by atoms with E-state index < -0.39 is 11.8 Å². The van der Waals surface area contributed by atoms with E-state index in [9.17, 15) is 9.59 Å². The lowest BCUT2D eigenvalue weighted by Gasteiger charge is -2.10. The minimum absolute atomic E-state index is 0.168. The molecule has 3 rings (SSSR count). The number of ether oxygens (including phenoxy) is 4. The minimum atomic E-state index is -0.926. The number of nitrogens with zero attached hydrogens (tertiary/aromatic N) is 1. The molecule has 0 aliphatic carbocycles. The van der Waals surface area contributed by atoms with Crippen LogP contribution in [0.1, 0.15) is 5.56 Å². The monoisotopic (exact) mass is 371 g/mol. The Labute approximate surface area is 154 Å². The van der Waals surface area contributed by atoms with Gasteiger partial charge in [0.2, 0.25) is 6.79 Å². The zero-order valence-electron chi connectivity index (χ0n) is 14.6. The van der Waals surface area contributed by atoms with Crippen LogP contribution in [0.15, 0.2) is 41.5 Å². The molecule has 0 aromatic heterocycles. The number of anilines is 1. The van der Waals surface area contributed by atoms with Crippen LogP contribution in [0.3, 0.4) is 0 Å². The molecular weight excluding hydrogens is 354 g/mol. The molecule has 9 nitrogen and oxygen atoms in total. The molecule has 9 heteroatoms. The molecule has 0 saturated carbocycles. The van der Waals surface area contributed by atoms with E-state index in [1.54, 1.807) is 36.4 Å². The van der Waals surface area contributed by atoms with E-state index in [-0.39, 0.29) is 6.79 Å². The predicted octanol–water partition coefficient (Wildman–Crippen LogP) is 1.52. The maximum absolute atomic E-state index is 12.0. The van der Waals surface area contributed by atoms with E-state index in [0.717, 1.165) is 0 Å². The van der Waals surface area contributed by atoms with Gasteiger partial charge in [-0.3, -0.25) is 9.59 Å². The van der Waals surface area contributed by atoms with Crippen molar-refractivity contribution < 1.29 is 28.5 Å². The van der Waals surface area contributed by atoms with Crippen molar-refractivity contribution in [1.29, 1.82) is 0 Å². The van der Waals surface area contributed by atoms with Gasteiger partial charge < -0.3 is 24.3 Å². The van der Waals surface area contributed by atoms with Crippen molar-refractivity contribution >= 4 is 23.7 Å². The second kappa shape index (κ2) is 8.09. The smallest absolute Gasteiger partial charge is 0.329 e. The highest BCUT2D eigenvalue weighted by Crippen LogP contribution is 2.32. The van der Waals surface area contributed by atoms with Crippen LogP contribution in [0.2, 0.25) is 0 Å². The summed E-state index contributed by atoms with van der Waals surface area (Å²) in [7, 11) is 2.96. The van der Waals surface area contributed by atoms with Crippen LogP contribution in [0.4, 0.5) is 5.69 Å². The van der Waals surface area contributed by atoms with Gasteiger partial charge in [0, 0.05) is 6.07 Å². The van der Waals surface area contributed by atoms with E-state index in [4.69, 9.17) is 18.9 Å². The molecule has 2 amide bonds. The zero-order chi connectivity index (χ0) is 19.2. The molecule has 0 unspecified atom stereocenters. The third-order valence-corrected chi connectivity index (χ3v) is 3.64. The van der Waals surface area contributed by atoms with Gasteiger partial charge in [0.25, 0.3) is 0 Å². The molecule has 0 atom stereocenters. The number of benzene rings is 2. The summed E-state index contributed by atoms with van der Waals surface area (Å²) in [4.78, 5) is 23.9. The van der Waals surface area contributed by atoms with E-state index >= 15 is 0 Å². The van der Waals surface area contributed by atoms with Crippen molar-refractivity contribution in [3.63, 3.8) is 0 Å². The fraction of sp³-hybridized carbons (Fsp3) is 0.167. The van der Waals surface area contributed by atoms with Crippen molar-refractivity contribution in [3.8, 4) is 23.0 Å². The SMILES string of the molecule is COc1ccc(NC(=O)C(=O)NN=Cc2ccc3c(c2)OCO3)c(OC)c1. The molecule has 0 saturated heterocycles. The maximum atomic E-state index is 12.0. The number of hydrogen-bond acceptors (Lipinski definition) is 7. The second-order valence-electron chi connectivity index (χ2n) is 5.33. The quantitative estimate of drug-likeness (QED) is 0.469. The summed E-state index contributed by atoms with van der Waals surface area (Å²) in [5.41, 5.74) is 3.17. The summed E-state index contributed by atoms with van der Waals surface area (Å²) in [5, 5.41) is 6.22. The summed E-state index contributed by atoms with van der Waals surface area (Å²) in [6.45, 7) is 0.168. The number of methoxy groups -OCH3 is 2. The van der Waals surface area contributed by atoms with Crippen LogP contribution < -0.4 is 29.7 Å². The molecule has 0 fully saturated rings. The topological polar surface area (TPSA) is 107 Å². The first-order valence-electron chi connectivity index (χ1n) is 7.87. The molecular formula is C18H17N3O6. The van der Waals surface area contributed by atoms with Crippen LogP contribution in [0, 0.1) is 0 Å². The average Bonchev–Trinajstić information content (AvgIpc) is 3.16. The second-order valence-corrected chi connectivity index (χ2v) is 5.33. The molecule has 0 radical (unpaired) electrons. The predicted molar refractivity (Wildman–Crippen MR) is 96.5 cm³/mol. The first-order valence-corrected chi connectivity index (χ1v) is 7.87. The largest absolute Gasteiger partial charge is 0.497 e. The number of hydrazone groups is 1. The van der Waals surface area contributed by atoms with Crippen LogP contribution in [-0.4, -0.2) is 39.0 Å². The molecule has 1 aliphatic rings. The van der Waals surface area contributed by atoms with E-state index in [1.807, 2.05) is 0 Å². The molecule has 2 N–H and O–H groups in total.